The van der Waals surface area contributed by atoms with E-state index in [-0.39, 0.29) is 23.7 Å². The first-order valence-electron chi connectivity index (χ1n) is 19.5. The summed E-state index contributed by atoms with van der Waals surface area (Å²) in [6.45, 7) is 9.39. The average Bonchev–Trinajstić information content (AvgIpc) is 3.89. The van der Waals surface area contributed by atoms with Crippen LogP contribution in [0.1, 0.15) is 54.1 Å². The fraction of sp³-hybridized carbons (Fsp3) is 0.364. The number of aromatic carboxylic acids is 1. The molecule has 2 fully saturated rings. The number of rotatable bonds is 10. The van der Waals surface area contributed by atoms with Gasteiger partial charge in [-0.15, -0.1) is 0 Å². The van der Waals surface area contributed by atoms with Crippen LogP contribution >= 0.6 is 0 Å². The highest BCUT2D eigenvalue weighted by molar-refractivity contribution is 6.03. The Bertz CT molecular complexity index is 2300. The van der Waals surface area contributed by atoms with Gasteiger partial charge in [-0.05, 0) is 79.6 Å². The van der Waals surface area contributed by atoms with Crippen LogP contribution in [0.15, 0.2) is 85.2 Å². The minimum atomic E-state index is -0.972. The number of carbonyl (C=O) groups is 2. The Kier molecular flexibility index (Phi) is 12.2. The van der Waals surface area contributed by atoms with Gasteiger partial charge in [-0.25, -0.2) is 14.8 Å². The number of aliphatic hydroxyl groups is 1. The number of pyridine rings is 2. The van der Waals surface area contributed by atoms with Gasteiger partial charge >= 0.3 is 5.97 Å². The van der Waals surface area contributed by atoms with Crippen molar-refractivity contribution in [3.05, 3.63) is 96.6 Å². The number of piperidine rings is 2. The Balaban J connectivity index is 0.000000208. The van der Waals surface area contributed by atoms with Crippen molar-refractivity contribution >= 4 is 33.7 Å². The molecule has 8 rings (SSSR count). The summed E-state index contributed by atoms with van der Waals surface area (Å²) in [7, 11) is 3.17. The molecule has 0 aliphatic carbocycles. The number of ether oxygens (including phenoxy) is 2. The molecule has 2 aliphatic heterocycles. The fourth-order valence-corrected chi connectivity index (χ4v) is 7.95. The van der Waals surface area contributed by atoms with E-state index in [1.54, 1.807) is 38.7 Å². The summed E-state index contributed by atoms with van der Waals surface area (Å²) < 4.78 is 10.2. The second-order valence-corrected chi connectivity index (χ2v) is 15.1. The van der Waals surface area contributed by atoms with E-state index in [1.165, 1.54) is 0 Å². The topological polar surface area (TPSA) is 169 Å². The van der Waals surface area contributed by atoms with E-state index in [1.807, 2.05) is 60.7 Å². The first kappa shape index (κ1) is 39.5. The maximum atomic E-state index is 13.1. The zero-order valence-corrected chi connectivity index (χ0v) is 32.9. The third-order valence-electron chi connectivity index (χ3n) is 11.3. The summed E-state index contributed by atoms with van der Waals surface area (Å²) in [6.07, 6.45) is 6.12. The summed E-state index contributed by atoms with van der Waals surface area (Å²) in [5.74, 6) is 0.432. The second-order valence-electron chi connectivity index (χ2n) is 15.1. The molecule has 13 nitrogen and oxygen atoms in total. The van der Waals surface area contributed by atoms with Crippen LogP contribution in [0.25, 0.3) is 44.1 Å². The number of aliphatic hydroxyl groups excluding tert-OH is 1. The average molecular weight is 774 g/mol. The van der Waals surface area contributed by atoms with Crippen LogP contribution in [-0.4, -0.2) is 117 Å². The Morgan fingerprint density at radius 3 is 1.89 bits per heavy atom. The van der Waals surface area contributed by atoms with Crippen LogP contribution in [0.2, 0.25) is 0 Å². The minimum Gasteiger partial charge on any atom is -0.481 e. The molecule has 57 heavy (non-hydrogen) atoms. The summed E-state index contributed by atoms with van der Waals surface area (Å²) in [4.78, 5) is 43.9. The van der Waals surface area contributed by atoms with E-state index < -0.39 is 5.97 Å². The van der Waals surface area contributed by atoms with Crippen LogP contribution in [0.4, 0.5) is 0 Å². The fourth-order valence-electron chi connectivity index (χ4n) is 7.95. The lowest BCUT2D eigenvalue weighted by Gasteiger charge is -2.41. The molecule has 4 aromatic heterocycles. The molecule has 0 spiro atoms. The quantitative estimate of drug-likeness (QED) is 0.104. The third kappa shape index (κ3) is 9.12. The number of benzene rings is 2. The predicted molar refractivity (Wildman–Crippen MR) is 221 cm³/mol. The van der Waals surface area contributed by atoms with Crippen molar-refractivity contribution in [1.29, 1.82) is 0 Å². The number of likely N-dealkylation sites (tertiary alicyclic amines) is 2. The van der Waals surface area contributed by atoms with E-state index in [0.717, 1.165) is 96.0 Å². The largest absolute Gasteiger partial charge is 0.481 e. The number of amides is 1. The number of H-pyrrole nitrogens is 2. The molecule has 2 aliphatic rings. The maximum absolute atomic E-state index is 13.1. The van der Waals surface area contributed by atoms with E-state index >= 15 is 0 Å². The Hall–Kier alpha value is -5.76. The molecule has 0 unspecified atom stereocenters. The van der Waals surface area contributed by atoms with E-state index in [9.17, 15) is 14.7 Å². The molecule has 0 bridgehead atoms. The van der Waals surface area contributed by atoms with Crippen LogP contribution in [0.3, 0.4) is 0 Å². The standard InChI is InChI=1S/C29H39N5O3.C15H12N2O3/c1-19-17-34(14-11-27(19)35)20(2)18-33-12-9-22(10-13-33)31-29(36)26-15-24-23(5-4-6-25(24)32-26)21-7-8-28(37-3)30-16-21;1-20-14-6-5-9(8-16-14)10-3-2-4-12-11(10)7-13(17-12)15(18)19/h4-8,15-16,19-20,22,27,32,35H,9-14,17-18H2,1-3H3,(H,31,36);2-8,17H,1H3,(H,18,19)/t19-,20-,27-;/m0./s1. The van der Waals surface area contributed by atoms with E-state index in [2.05, 4.69) is 48.9 Å². The van der Waals surface area contributed by atoms with Crippen LogP contribution in [0, 0.1) is 5.92 Å². The molecule has 1 amide bonds. The summed E-state index contributed by atoms with van der Waals surface area (Å²) in [5, 5.41) is 24.2. The van der Waals surface area contributed by atoms with Crippen molar-refractivity contribution in [3.8, 4) is 34.0 Å². The number of hydrogen-bond acceptors (Lipinski definition) is 9. The highest BCUT2D eigenvalue weighted by Gasteiger charge is 2.29. The summed E-state index contributed by atoms with van der Waals surface area (Å²) >= 11 is 0. The Morgan fingerprint density at radius 1 is 0.825 bits per heavy atom. The number of methoxy groups -OCH3 is 2. The minimum absolute atomic E-state index is 0.0531. The molecule has 2 aromatic carbocycles. The number of aromatic amines is 2. The highest BCUT2D eigenvalue weighted by atomic mass is 16.5. The molecule has 3 atom stereocenters. The van der Waals surface area contributed by atoms with Gasteiger partial charge in [-0.3, -0.25) is 9.69 Å². The smallest absolute Gasteiger partial charge is 0.352 e. The van der Waals surface area contributed by atoms with Gasteiger partial charge in [0, 0.05) is 102 Å². The van der Waals surface area contributed by atoms with Crippen molar-refractivity contribution in [3.63, 3.8) is 0 Å². The lowest BCUT2D eigenvalue weighted by atomic mass is 9.95. The predicted octanol–water partition coefficient (Wildman–Crippen LogP) is 6.46. The van der Waals surface area contributed by atoms with Crippen LogP contribution in [0.5, 0.6) is 11.8 Å². The number of nitrogens with zero attached hydrogens (tertiary/aromatic N) is 4. The van der Waals surface area contributed by atoms with E-state index in [4.69, 9.17) is 14.6 Å². The van der Waals surface area contributed by atoms with E-state index in [0.29, 0.717) is 29.4 Å². The number of carboxylic acid groups (broad SMARTS) is 1. The number of fused-ring (bicyclic) bond motifs is 2. The molecular formula is C44H51N7O6. The number of aromatic nitrogens is 4. The molecule has 6 aromatic rings. The zero-order chi connectivity index (χ0) is 40.1. The normalized spacial score (nSPS) is 18.5. The lowest BCUT2D eigenvalue weighted by molar-refractivity contribution is 0.0115. The monoisotopic (exact) mass is 773 g/mol. The third-order valence-corrected chi connectivity index (χ3v) is 11.3. The van der Waals surface area contributed by atoms with Gasteiger partial charge in [0.2, 0.25) is 11.8 Å². The number of carbonyl (C=O) groups excluding carboxylic acids is 1. The van der Waals surface area contributed by atoms with Crippen molar-refractivity contribution in [2.45, 2.75) is 51.3 Å². The second kappa shape index (κ2) is 17.6. The molecule has 13 heteroatoms. The molecule has 6 heterocycles. The number of hydrogen-bond donors (Lipinski definition) is 5. The molecule has 298 valence electrons. The van der Waals surface area contributed by atoms with Gasteiger partial charge in [-0.2, -0.15) is 0 Å². The Labute approximate surface area is 332 Å². The van der Waals surface area contributed by atoms with Gasteiger partial charge in [0.15, 0.2) is 0 Å². The van der Waals surface area contributed by atoms with Gasteiger partial charge in [-0.1, -0.05) is 31.2 Å². The van der Waals surface area contributed by atoms with Crippen LogP contribution in [-0.2, 0) is 0 Å². The first-order valence-corrected chi connectivity index (χ1v) is 19.5. The molecule has 0 saturated carbocycles. The molecular weight excluding hydrogens is 723 g/mol. The molecule has 0 radical (unpaired) electrons. The van der Waals surface area contributed by atoms with Crippen molar-refractivity contribution in [1.82, 2.24) is 35.1 Å². The van der Waals surface area contributed by atoms with Gasteiger partial charge in [0.25, 0.3) is 5.91 Å². The Morgan fingerprint density at radius 2 is 1.39 bits per heavy atom. The lowest BCUT2D eigenvalue weighted by Crippen LogP contribution is -2.52. The SMILES string of the molecule is COc1ccc(-c2cccc3[nH]c(C(=O)NC4CCN(C[C@H](C)N5CC[C@H](O)[C@@H](C)C5)CC4)cc23)cn1.COc1ccc(-c2cccc3[nH]c(C(=O)O)cc23)cn1. The molecule has 5 N–H and O–H groups in total. The summed E-state index contributed by atoms with van der Waals surface area (Å²) in [6, 6.07) is 23.4. The van der Waals surface area contributed by atoms with Crippen molar-refractivity contribution < 1.29 is 29.3 Å². The van der Waals surface area contributed by atoms with Gasteiger partial charge < -0.3 is 39.9 Å². The van der Waals surface area contributed by atoms with Crippen molar-refractivity contribution in [2.75, 3.05) is 46.9 Å². The molecule has 2 saturated heterocycles. The maximum Gasteiger partial charge on any atom is 0.352 e. The van der Waals surface area contributed by atoms with Crippen LogP contribution < -0.4 is 14.8 Å². The number of carboxylic acids is 1. The number of nitrogens with one attached hydrogen (secondary N) is 3. The highest BCUT2D eigenvalue weighted by Crippen LogP contribution is 2.31. The van der Waals surface area contributed by atoms with Gasteiger partial charge in [0.05, 0.1) is 20.3 Å². The van der Waals surface area contributed by atoms with Crippen molar-refractivity contribution in [2.24, 2.45) is 5.92 Å². The van der Waals surface area contributed by atoms with Gasteiger partial charge in [0.1, 0.15) is 11.4 Å². The zero-order valence-electron chi connectivity index (χ0n) is 32.9. The summed E-state index contributed by atoms with van der Waals surface area (Å²) in [5.41, 5.74) is 6.33. The first-order chi connectivity index (χ1) is 27.6.